The minimum Gasteiger partial charge on any atom is -0.344 e. The zero-order valence-electron chi connectivity index (χ0n) is 12.8. The van der Waals surface area contributed by atoms with Crippen LogP contribution in [0.15, 0.2) is 48.8 Å². The van der Waals surface area contributed by atoms with Gasteiger partial charge in [-0.3, -0.25) is 9.78 Å². The molecule has 5 nitrogen and oxygen atoms in total. The van der Waals surface area contributed by atoms with E-state index in [0.717, 1.165) is 21.9 Å². The number of thiazole rings is 1. The Bertz CT molecular complexity index is 830. The molecule has 0 aliphatic carbocycles. The minimum absolute atomic E-state index is 0.230. The molecule has 116 valence electrons. The molecule has 1 aromatic carbocycles. The third-order valence-electron chi connectivity index (χ3n) is 3.14. The number of benzene rings is 1. The lowest BCUT2D eigenvalue weighted by molar-refractivity contribution is 0.102. The zero-order valence-corrected chi connectivity index (χ0v) is 13.6. The number of pyridine rings is 1. The number of nitrogens with one attached hydrogen (secondary N) is 2. The largest absolute Gasteiger partial charge is 0.344 e. The highest BCUT2D eigenvalue weighted by atomic mass is 32.1. The summed E-state index contributed by atoms with van der Waals surface area (Å²) in [5.41, 5.74) is 3.05. The molecule has 0 saturated heterocycles. The van der Waals surface area contributed by atoms with E-state index < -0.39 is 0 Å². The first-order valence-corrected chi connectivity index (χ1v) is 7.96. The maximum Gasteiger partial charge on any atom is 0.277 e. The Morgan fingerprint density at radius 2 is 1.96 bits per heavy atom. The van der Waals surface area contributed by atoms with E-state index in [1.807, 2.05) is 50.2 Å². The summed E-state index contributed by atoms with van der Waals surface area (Å²) in [5.74, 6) is -0.230. The average Bonchev–Trinajstić information content (AvgIpc) is 2.89. The summed E-state index contributed by atoms with van der Waals surface area (Å²) in [6.45, 7) is 3.86. The maximum atomic E-state index is 12.5. The van der Waals surface area contributed by atoms with Gasteiger partial charge in [-0.25, -0.2) is 4.98 Å². The first-order valence-electron chi connectivity index (χ1n) is 7.14. The number of hydrogen-bond acceptors (Lipinski definition) is 5. The van der Waals surface area contributed by atoms with Crippen LogP contribution in [-0.4, -0.2) is 15.9 Å². The summed E-state index contributed by atoms with van der Waals surface area (Å²) in [6, 6.07) is 11.4. The molecule has 1 amide bonds. The van der Waals surface area contributed by atoms with Crippen molar-refractivity contribution >= 4 is 33.6 Å². The SMILES string of the molecule is Cc1cccc(NC(=O)c2nc(C)sc2Nc2cccnc2)c1. The molecule has 0 radical (unpaired) electrons. The molecule has 0 bridgehead atoms. The van der Waals surface area contributed by atoms with Gasteiger partial charge in [0.2, 0.25) is 0 Å². The van der Waals surface area contributed by atoms with Crippen molar-refractivity contribution in [3.8, 4) is 0 Å². The third kappa shape index (κ3) is 3.73. The quantitative estimate of drug-likeness (QED) is 0.756. The average molecular weight is 324 g/mol. The number of aromatic nitrogens is 2. The van der Waals surface area contributed by atoms with Crippen LogP contribution in [0.1, 0.15) is 21.1 Å². The summed E-state index contributed by atoms with van der Waals surface area (Å²) < 4.78 is 0. The van der Waals surface area contributed by atoms with E-state index in [2.05, 4.69) is 20.6 Å². The predicted octanol–water partition coefficient (Wildman–Crippen LogP) is 4.15. The normalized spacial score (nSPS) is 10.3. The molecule has 2 heterocycles. The van der Waals surface area contributed by atoms with Crippen LogP contribution in [-0.2, 0) is 0 Å². The van der Waals surface area contributed by atoms with Crippen molar-refractivity contribution in [3.05, 3.63) is 65.1 Å². The van der Waals surface area contributed by atoms with Gasteiger partial charge >= 0.3 is 0 Å². The third-order valence-corrected chi connectivity index (χ3v) is 4.03. The lowest BCUT2D eigenvalue weighted by atomic mass is 10.2. The van der Waals surface area contributed by atoms with Gasteiger partial charge in [0, 0.05) is 11.9 Å². The van der Waals surface area contributed by atoms with E-state index in [1.54, 1.807) is 12.4 Å². The highest BCUT2D eigenvalue weighted by Crippen LogP contribution is 2.28. The molecule has 2 N–H and O–H groups in total. The fourth-order valence-electron chi connectivity index (χ4n) is 2.15. The molecule has 0 fully saturated rings. The zero-order chi connectivity index (χ0) is 16.2. The molecule has 2 aromatic heterocycles. The van der Waals surface area contributed by atoms with E-state index in [9.17, 15) is 4.79 Å². The Labute approximate surface area is 138 Å². The molecule has 0 atom stereocenters. The van der Waals surface area contributed by atoms with Gasteiger partial charge in [0.25, 0.3) is 5.91 Å². The fraction of sp³-hybridized carbons (Fsp3) is 0.118. The smallest absolute Gasteiger partial charge is 0.277 e. The number of nitrogens with zero attached hydrogens (tertiary/aromatic N) is 2. The molecule has 0 aliphatic heterocycles. The molecular formula is C17H16N4OS. The molecule has 3 rings (SSSR count). The van der Waals surface area contributed by atoms with Gasteiger partial charge in [-0.15, -0.1) is 11.3 Å². The Morgan fingerprint density at radius 3 is 2.70 bits per heavy atom. The summed E-state index contributed by atoms with van der Waals surface area (Å²) in [7, 11) is 0. The molecule has 23 heavy (non-hydrogen) atoms. The minimum atomic E-state index is -0.230. The Hall–Kier alpha value is -2.73. The van der Waals surface area contributed by atoms with Crippen molar-refractivity contribution < 1.29 is 4.79 Å². The van der Waals surface area contributed by atoms with Crippen LogP contribution in [0.25, 0.3) is 0 Å². The van der Waals surface area contributed by atoms with Crippen LogP contribution in [0.5, 0.6) is 0 Å². The van der Waals surface area contributed by atoms with Crippen molar-refractivity contribution in [2.24, 2.45) is 0 Å². The molecule has 6 heteroatoms. The van der Waals surface area contributed by atoms with Gasteiger partial charge in [-0.05, 0) is 43.7 Å². The standard InChI is InChI=1S/C17H16N4OS/c1-11-5-3-6-13(9-11)20-16(22)15-17(23-12(2)19-15)21-14-7-4-8-18-10-14/h3-10,21H,1-2H3,(H,20,22). The number of anilines is 3. The van der Waals surface area contributed by atoms with E-state index in [4.69, 9.17) is 0 Å². The van der Waals surface area contributed by atoms with Gasteiger partial charge in [0.15, 0.2) is 5.69 Å². The summed E-state index contributed by atoms with van der Waals surface area (Å²) in [5, 5.41) is 7.63. The van der Waals surface area contributed by atoms with Crippen molar-refractivity contribution in [2.45, 2.75) is 13.8 Å². The van der Waals surface area contributed by atoms with Gasteiger partial charge in [-0.2, -0.15) is 0 Å². The number of amides is 1. The lowest BCUT2D eigenvalue weighted by Crippen LogP contribution is -2.14. The van der Waals surface area contributed by atoms with E-state index >= 15 is 0 Å². The van der Waals surface area contributed by atoms with Crippen molar-refractivity contribution in [1.29, 1.82) is 0 Å². The van der Waals surface area contributed by atoms with Crippen molar-refractivity contribution in [3.63, 3.8) is 0 Å². The summed E-state index contributed by atoms with van der Waals surface area (Å²) in [4.78, 5) is 20.9. The molecular weight excluding hydrogens is 308 g/mol. The second kappa shape index (κ2) is 6.58. The Balaban J connectivity index is 1.83. The van der Waals surface area contributed by atoms with Crippen LogP contribution < -0.4 is 10.6 Å². The lowest BCUT2D eigenvalue weighted by Gasteiger charge is -2.07. The second-order valence-corrected chi connectivity index (χ2v) is 6.30. The van der Waals surface area contributed by atoms with Crippen molar-refractivity contribution in [1.82, 2.24) is 9.97 Å². The highest BCUT2D eigenvalue weighted by molar-refractivity contribution is 7.16. The second-order valence-electron chi connectivity index (χ2n) is 5.10. The summed E-state index contributed by atoms with van der Waals surface area (Å²) >= 11 is 1.44. The molecule has 3 aromatic rings. The number of rotatable bonds is 4. The van der Waals surface area contributed by atoms with Gasteiger partial charge in [0.05, 0.1) is 16.9 Å². The van der Waals surface area contributed by atoms with Crippen LogP contribution in [0, 0.1) is 13.8 Å². The topological polar surface area (TPSA) is 66.9 Å². The monoisotopic (exact) mass is 324 g/mol. The van der Waals surface area contributed by atoms with E-state index in [-0.39, 0.29) is 5.91 Å². The van der Waals surface area contributed by atoms with Gasteiger partial charge in [-0.1, -0.05) is 12.1 Å². The van der Waals surface area contributed by atoms with Crippen LogP contribution in [0.3, 0.4) is 0 Å². The molecule has 0 saturated carbocycles. The predicted molar refractivity (Wildman–Crippen MR) is 93.5 cm³/mol. The van der Waals surface area contributed by atoms with E-state index in [1.165, 1.54) is 11.3 Å². The number of aryl methyl sites for hydroxylation is 2. The molecule has 0 unspecified atom stereocenters. The first-order chi connectivity index (χ1) is 11.1. The Kier molecular flexibility index (Phi) is 4.34. The Morgan fingerprint density at radius 1 is 1.13 bits per heavy atom. The molecule has 0 aliphatic rings. The maximum absolute atomic E-state index is 12.5. The van der Waals surface area contributed by atoms with Crippen LogP contribution in [0.2, 0.25) is 0 Å². The van der Waals surface area contributed by atoms with Crippen molar-refractivity contribution in [2.75, 3.05) is 10.6 Å². The van der Waals surface area contributed by atoms with Crippen LogP contribution >= 0.6 is 11.3 Å². The highest BCUT2D eigenvalue weighted by Gasteiger charge is 2.17. The number of hydrogen-bond donors (Lipinski definition) is 2. The fourth-order valence-corrected chi connectivity index (χ4v) is 2.98. The van der Waals surface area contributed by atoms with E-state index in [0.29, 0.717) is 10.7 Å². The summed E-state index contributed by atoms with van der Waals surface area (Å²) in [6.07, 6.45) is 3.41. The number of carbonyl (C=O) groups excluding carboxylic acids is 1. The first kappa shape index (κ1) is 15.2. The van der Waals surface area contributed by atoms with Gasteiger partial charge in [0.1, 0.15) is 5.00 Å². The van der Waals surface area contributed by atoms with Gasteiger partial charge < -0.3 is 10.6 Å². The van der Waals surface area contributed by atoms with Crippen LogP contribution in [0.4, 0.5) is 16.4 Å². The number of carbonyl (C=O) groups is 1. The molecule has 0 spiro atoms.